The predicted octanol–water partition coefficient (Wildman–Crippen LogP) is 2.91. The molecule has 32 heavy (non-hydrogen) atoms. The van der Waals surface area contributed by atoms with Crippen molar-refractivity contribution in [2.75, 3.05) is 44.5 Å². The van der Waals surface area contributed by atoms with Gasteiger partial charge in [0.25, 0.3) is 5.91 Å². The van der Waals surface area contributed by atoms with Crippen LogP contribution in [0.15, 0.2) is 54.6 Å². The van der Waals surface area contributed by atoms with Crippen LogP contribution in [0.25, 0.3) is 11.3 Å². The molecule has 1 fully saturated rings. The third kappa shape index (κ3) is 4.30. The van der Waals surface area contributed by atoms with E-state index in [1.54, 1.807) is 0 Å². The summed E-state index contributed by atoms with van der Waals surface area (Å²) in [6.45, 7) is 4.97. The molecule has 8 heteroatoms. The smallest absolute Gasteiger partial charge is 0.260 e. The van der Waals surface area contributed by atoms with Gasteiger partial charge in [-0.15, -0.1) is 10.2 Å². The monoisotopic (exact) mass is 432 g/mol. The maximum Gasteiger partial charge on any atom is 0.260 e. The van der Waals surface area contributed by atoms with E-state index < -0.39 is 0 Å². The number of amides is 1. The molecule has 0 saturated carbocycles. The van der Waals surface area contributed by atoms with Crippen LogP contribution in [0.1, 0.15) is 5.56 Å². The Morgan fingerprint density at radius 3 is 2.47 bits per heavy atom. The summed E-state index contributed by atoms with van der Waals surface area (Å²) in [4.78, 5) is 16.5. The first-order chi connectivity index (χ1) is 15.7. The van der Waals surface area contributed by atoms with Crippen LogP contribution in [0.4, 0.5) is 5.82 Å². The standard InChI is InChI=1S/C24H24N4O4/c1-17-2-5-19(6-3-17)30-15-24(29)28-12-10-27(11-13-28)23-9-7-20(25-26-23)18-4-8-21-22(14-18)32-16-31-21/h2-9,14H,10-13,15-16H2,1H3. The quantitative estimate of drug-likeness (QED) is 0.614. The zero-order valence-corrected chi connectivity index (χ0v) is 17.9. The van der Waals surface area contributed by atoms with Gasteiger partial charge in [-0.2, -0.15) is 0 Å². The number of hydrogen-bond acceptors (Lipinski definition) is 7. The number of benzene rings is 2. The molecule has 0 spiro atoms. The van der Waals surface area contributed by atoms with E-state index in [1.165, 1.54) is 0 Å². The number of hydrogen-bond donors (Lipinski definition) is 0. The maximum absolute atomic E-state index is 12.5. The highest BCUT2D eigenvalue weighted by Crippen LogP contribution is 2.35. The van der Waals surface area contributed by atoms with Crippen molar-refractivity contribution in [1.29, 1.82) is 0 Å². The molecule has 5 rings (SSSR count). The molecule has 0 atom stereocenters. The molecule has 0 aliphatic carbocycles. The van der Waals surface area contributed by atoms with Crippen LogP contribution in [0.5, 0.6) is 17.2 Å². The summed E-state index contributed by atoms with van der Waals surface area (Å²) in [5.41, 5.74) is 2.86. The lowest BCUT2D eigenvalue weighted by Gasteiger charge is -2.35. The average molecular weight is 432 g/mol. The highest BCUT2D eigenvalue weighted by Gasteiger charge is 2.23. The summed E-state index contributed by atoms with van der Waals surface area (Å²) >= 11 is 0. The van der Waals surface area contributed by atoms with E-state index >= 15 is 0 Å². The minimum atomic E-state index is -0.00512. The Morgan fingerprint density at radius 2 is 1.72 bits per heavy atom. The van der Waals surface area contributed by atoms with E-state index in [9.17, 15) is 4.79 Å². The Morgan fingerprint density at radius 1 is 0.938 bits per heavy atom. The average Bonchev–Trinajstić information content (AvgIpc) is 3.32. The number of aryl methyl sites for hydroxylation is 1. The third-order valence-corrected chi connectivity index (χ3v) is 5.66. The molecule has 0 unspecified atom stereocenters. The topological polar surface area (TPSA) is 77.0 Å². The fraction of sp³-hybridized carbons (Fsp3) is 0.292. The summed E-state index contributed by atoms with van der Waals surface area (Å²) in [7, 11) is 0. The first kappa shape index (κ1) is 20.1. The summed E-state index contributed by atoms with van der Waals surface area (Å²) in [5.74, 6) is 2.97. The molecule has 1 amide bonds. The molecule has 3 aromatic rings. The zero-order chi connectivity index (χ0) is 21.9. The predicted molar refractivity (Wildman–Crippen MR) is 119 cm³/mol. The Bertz CT molecular complexity index is 1090. The van der Waals surface area contributed by atoms with E-state index in [2.05, 4.69) is 15.1 Å². The van der Waals surface area contributed by atoms with Crippen molar-refractivity contribution in [3.8, 4) is 28.5 Å². The van der Waals surface area contributed by atoms with Crippen LogP contribution in [0.2, 0.25) is 0 Å². The van der Waals surface area contributed by atoms with Gasteiger partial charge in [-0.25, -0.2) is 0 Å². The Kier molecular flexibility index (Phi) is 5.49. The maximum atomic E-state index is 12.5. The number of aromatic nitrogens is 2. The summed E-state index contributed by atoms with van der Waals surface area (Å²) in [6, 6.07) is 17.4. The number of carbonyl (C=O) groups excluding carboxylic acids is 1. The first-order valence-corrected chi connectivity index (χ1v) is 10.6. The minimum absolute atomic E-state index is 0.00512. The Hall–Kier alpha value is -3.81. The van der Waals surface area contributed by atoms with Crippen molar-refractivity contribution in [2.24, 2.45) is 0 Å². The van der Waals surface area contributed by atoms with Crippen molar-refractivity contribution in [3.05, 3.63) is 60.2 Å². The van der Waals surface area contributed by atoms with Crippen LogP contribution >= 0.6 is 0 Å². The van der Waals surface area contributed by atoms with Crippen LogP contribution in [0.3, 0.4) is 0 Å². The molecule has 2 aliphatic heterocycles. The first-order valence-electron chi connectivity index (χ1n) is 10.6. The van der Waals surface area contributed by atoms with Gasteiger partial charge in [0.05, 0.1) is 5.69 Å². The molecular weight excluding hydrogens is 408 g/mol. The van der Waals surface area contributed by atoms with Crippen LogP contribution in [0, 0.1) is 6.92 Å². The van der Waals surface area contributed by atoms with E-state index in [4.69, 9.17) is 14.2 Å². The molecule has 0 bridgehead atoms. The number of fused-ring (bicyclic) bond motifs is 1. The van der Waals surface area contributed by atoms with Crippen molar-refractivity contribution >= 4 is 11.7 Å². The van der Waals surface area contributed by atoms with Gasteiger partial charge in [-0.05, 0) is 49.4 Å². The van der Waals surface area contributed by atoms with Gasteiger partial charge < -0.3 is 24.0 Å². The highest BCUT2D eigenvalue weighted by atomic mass is 16.7. The van der Waals surface area contributed by atoms with Gasteiger partial charge in [0.1, 0.15) is 5.75 Å². The normalized spacial score (nSPS) is 15.0. The Labute approximate surface area is 186 Å². The van der Waals surface area contributed by atoms with Crippen LogP contribution in [-0.4, -0.2) is 60.6 Å². The van der Waals surface area contributed by atoms with Gasteiger partial charge in [-0.1, -0.05) is 17.7 Å². The number of nitrogens with zero attached hydrogens (tertiary/aromatic N) is 4. The second-order valence-corrected chi connectivity index (χ2v) is 7.81. The van der Waals surface area contributed by atoms with Gasteiger partial charge >= 0.3 is 0 Å². The van der Waals surface area contributed by atoms with Crippen molar-refractivity contribution in [1.82, 2.24) is 15.1 Å². The molecule has 8 nitrogen and oxygen atoms in total. The number of rotatable bonds is 5. The van der Waals surface area contributed by atoms with Gasteiger partial charge in [-0.3, -0.25) is 4.79 Å². The third-order valence-electron chi connectivity index (χ3n) is 5.66. The second-order valence-electron chi connectivity index (χ2n) is 7.81. The van der Waals surface area contributed by atoms with Crippen molar-refractivity contribution in [2.45, 2.75) is 6.92 Å². The Balaban J connectivity index is 1.14. The summed E-state index contributed by atoms with van der Waals surface area (Å²) < 4.78 is 16.4. The number of carbonyl (C=O) groups is 1. The molecule has 0 radical (unpaired) electrons. The molecule has 2 aromatic carbocycles. The van der Waals surface area contributed by atoms with Crippen molar-refractivity contribution < 1.29 is 19.0 Å². The summed E-state index contributed by atoms with van der Waals surface area (Å²) in [5, 5.41) is 8.79. The van der Waals surface area contributed by atoms with E-state index in [1.807, 2.05) is 66.4 Å². The summed E-state index contributed by atoms with van der Waals surface area (Å²) in [6.07, 6.45) is 0. The van der Waals surface area contributed by atoms with Gasteiger partial charge in [0.2, 0.25) is 6.79 Å². The number of ether oxygens (including phenoxy) is 3. The van der Waals surface area contributed by atoms with E-state index in [0.29, 0.717) is 31.9 Å². The second kappa shape index (κ2) is 8.74. The van der Waals surface area contributed by atoms with Crippen molar-refractivity contribution in [3.63, 3.8) is 0 Å². The van der Waals surface area contributed by atoms with Gasteiger partial charge in [0, 0.05) is 31.7 Å². The number of piperazine rings is 1. The minimum Gasteiger partial charge on any atom is -0.484 e. The molecule has 3 heterocycles. The number of anilines is 1. The van der Waals surface area contributed by atoms with Crippen LogP contribution in [-0.2, 0) is 4.79 Å². The zero-order valence-electron chi connectivity index (χ0n) is 17.9. The molecule has 0 N–H and O–H groups in total. The molecule has 1 saturated heterocycles. The largest absolute Gasteiger partial charge is 0.484 e. The SMILES string of the molecule is Cc1ccc(OCC(=O)N2CCN(c3ccc(-c4ccc5c(c4)OCO5)nn3)CC2)cc1. The highest BCUT2D eigenvalue weighted by molar-refractivity contribution is 5.78. The lowest BCUT2D eigenvalue weighted by Crippen LogP contribution is -2.50. The fourth-order valence-electron chi connectivity index (χ4n) is 3.76. The molecule has 2 aliphatic rings. The van der Waals surface area contributed by atoms with E-state index in [-0.39, 0.29) is 19.3 Å². The van der Waals surface area contributed by atoms with E-state index in [0.717, 1.165) is 34.1 Å². The lowest BCUT2D eigenvalue weighted by molar-refractivity contribution is -0.133. The van der Waals surface area contributed by atoms with Crippen LogP contribution < -0.4 is 19.1 Å². The molecular formula is C24H24N4O4. The fourth-order valence-corrected chi connectivity index (χ4v) is 3.76. The molecule has 164 valence electrons. The van der Waals surface area contributed by atoms with Gasteiger partial charge in [0.15, 0.2) is 23.9 Å². The molecule has 1 aromatic heterocycles. The lowest BCUT2D eigenvalue weighted by atomic mass is 10.1.